The first-order valence-corrected chi connectivity index (χ1v) is 8.39. The molecule has 1 atom stereocenters. The Morgan fingerprint density at radius 2 is 1.81 bits per heavy atom. The largest absolute Gasteiger partial charge is 0.600 e. The summed E-state index contributed by atoms with van der Waals surface area (Å²) >= 11 is 0. The molecule has 0 N–H and O–H groups in total. The lowest BCUT2D eigenvalue weighted by atomic mass is 10.1. The third-order valence-electron chi connectivity index (χ3n) is 4.23. The Hall–Kier alpha value is -0.740. The lowest BCUT2D eigenvalue weighted by molar-refractivity contribution is -0.0868. The van der Waals surface area contributed by atoms with Crippen LogP contribution in [0.2, 0.25) is 0 Å². The van der Waals surface area contributed by atoms with Crippen LogP contribution in [0.25, 0.3) is 10.1 Å². The third kappa shape index (κ3) is 3.07. The molecule has 1 heterocycles. The number of rotatable bonds is 2. The summed E-state index contributed by atoms with van der Waals surface area (Å²) in [5.41, 5.74) is -3.15. The number of fused-ring (bicyclic) bond motifs is 1. The minimum Gasteiger partial charge on any atom is -0.147 e. The van der Waals surface area contributed by atoms with Gasteiger partial charge in [0.15, 0.2) is 9.58 Å². The lowest BCUT2D eigenvalue weighted by Crippen LogP contribution is -2.00. The summed E-state index contributed by atoms with van der Waals surface area (Å²) in [5.74, 6) is 0.137. The quantitative estimate of drug-likeness (QED) is 0.535. The van der Waals surface area contributed by atoms with Crippen molar-refractivity contribution in [2.45, 2.75) is 50.5 Å². The van der Waals surface area contributed by atoms with Crippen LogP contribution in [0.1, 0.15) is 49.0 Å². The van der Waals surface area contributed by atoms with Gasteiger partial charge >= 0.3 is 5.51 Å². The van der Waals surface area contributed by atoms with Gasteiger partial charge in [-0.3, -0.25) is 0 Å². The molecule has 116 valence electrons. The van der Waals surface area contributed by atoms with E-state index in [2.05, 4.69) is 0 Å². The van der Waals surface area contributed by atoms with Gasteiger partial charge in [0.25, 0.3) is 0 Å². The van der Waals surface area contributed by atoms with Gasteiger partial charge in [0.2, 0.25) is 0 Å². The SMILES string of the molecule is CCc1ccc2cc(C3CCCC3)[s+](C(F)(F)F)c2c1.Cl. The van der Waals surface area contributed by atoms with Crippen LogP contribution in [0, 0.1) is 0 Å². The molecule has 1 aliphatic rings. The van der Waals surface area contributed by atoms with Crippen molar-refractivity contribution in [2.75, 3.05) is 0 Å². The van der Waals surface area contributed by atoms with Crippen LogP contribution in [-0.4, -0.2) is 0 Å². The van der Waals surface area contributed by atoms with Gasteiger partial charge in [0.05, 0.1) is 10.5 Å². The summed E-state index contributed by atoms with van der Waals surface area (Å²) in [6.07, 6.45) is 4.74. The summed E-state index contributed by atoms with van der Waals surface area (Å²) in [6.45, 7) is 1.98. The fourth-order valence-corrected chi connectivity index (χ4v) is 5.40. The van der Waals surface area contributed by atoms with Crippen LogP contribution in [0.4, 0.5) is 13.2 Å². The number of hydrogen-bond acceptors (Lipinski definition) is 0. The number of halogens is 4. The van der Waals surface area contributed by atoms with E-state index < -0.39 is 16.0 Å². The van der Waals surface area contributed by atoms with Crippen molar-refractivity contribution in [2.24, 2.45) is 0 Å². The Balaban J connectivity index is 0.00000161. The maximum absolute atomic E-state index is 13.6. The second-order valence-electron chi connectivity index (χ2n) is 5.51. The average Bonchev–Trinajstić information content (AvgIpc) is 3.03. The molecule has 1 aromatic carbocycles. The van der Waals surface area contributed by atoms with Crippen LogP contribution >= 0.6 is 22.9 Å². The van der Waals surface area contributed by atoms with Crippen molar-refractivity contribution in [1.29, 1.82) is 0 Å². The fraction of sp³-hybridized carbons (Fsp3) is 0.500. The standard InChI is InChI=1S/C16H18F3S.ClH/c1-2-11-7-8-13-10-15(12-5-3-4-6-12)20(14(13)9-11)16(17,18)19;/h7-10,12H,2-6H2,1H3;1H/q+1;. The van der Waals surface area contributed by atoms with Crippen LogP contribution in [0.3, 0.4) is 0 Å². The minimum absolute atomic E-state index is 0. The highest BCUT2D eigenvalue weighted by molar-refractivity contribution is 7.38. The summed E-state index contributed by atoms with van der Waals surface area (Å²) in [7, 11) is -1.70. The zero-order valence-electron chi connectivity index (χ0n) is 11.9. The molecule has 0 saturated heterocycles. The highest BCUT2D eigenvalue weighted by Gasteiger charge is 2.49. The molecular formula is C16H19ClF3S+. The molecule has 0 aliphatic heterocycles. The van der Waals surface area contributed by atoms with Crippen LogP contribution < -0.4 is 0 Å². The topological polar surface area (TPSA) is 0 Å². The Kier molecular flexibility index (Phi) is 4.89. The van der Waals surface area contributed by atoms with E-state index >= 15 is 0 Å². The molecule has 5 heteroatoms. The fourth-order valence-electron chi connectivity index (χ4n) is 3.19. The maximum atomic E-state index is 13.6. The van der Waals surface area contributed by atoms with Crippen molar-refractivity contribution in [3.63, 3.8) is 0 Å². The molecule has 1 aliphatic carbocycles. The second kappa shape index (κ2) is 6.17. The van der Waals surface area contributed by atoms with Crippen molar-refractivity contribution in [3.05, 3.63) is 34.7 Å². The molecule has 1 aromatic heterocycles. The monoisotopic (exact) mass is 335 g/mol. The predicted octanol–water partition coefficient (Wildman–Crippen LogP) is 6.71. The molecule has 1 fully saturated rings. The van der Waals surface area contributed by atoms with E-state index in [0.717, 1.165) is 43.1 Å². The van der Waals surface area contributed by atoms with Gasteiger partial charge < -0.3 is 0 Å². The summed E-state index contributed by atoms with van der Waals surface area (Å²) in [6, 6.07) is 7.40. The normalized spacial score (nSPS) is 17.2. The first-order valence-electron chi connectivity index (χ1n) is 7.16. The molecular weight excluding hydrogens is 317 g/mol. The smallest absolute Gasteiger partial charge is 0.147 e. The summed E-state index contributed by atoms with van der Waals surface area (Å²) < 4.78 is 41.1. The highest BCUT2D eigenvalue weighted by atomic mass is 35.5. The van der Waals surface area contributed by atoms with Crippen molar-refractivity contribution < 1.29 is 13.2 Å². The number of hydrogen-bond donors (Lipinski definition) is 0. The van der Waals surface area contributed by atoms with Crippen molar-refractivity contribution >= 4 is 33.0 Å². The molecule has 21 heavy (non-hydrogen) atoms. The number of aryl methyl sites for hydroxylation is 1. The molecule has 1 saturated carbocycles. The van der Waals surface area contributed by atoms with E-state index in [0.29, 0.717) is 9.58 Å². The molecule has 0 amide bonds. The summed E-state index contributed by atoms with van der Waals surface area (Å²) in [5, 5.41) is 0.782. The molecule has 1 unspecified atom stereocenters. The predicted molar refractivity (Wildman–Crippen MR) is 85.6 cm³/mol. The highest BCUT2D eigenvalue weighted by Crippen LogP contribution is 2.55. The van der Waals surface area contributed by atoms with Gasteiger partial charge in [-0.25, -0.2) is 0 Å². The average molecular weight is 336 g/mol. The van der Waals surface area contributed by atoms with Gasteiger partial charge in [0.1, 0.15) is 0 Å². The molecule has 3 rings (SSSR count). The number of alkyl halides is 3. The van der Waals surface area contributed by atoms with E-state index in [1.54, 1.807) is 6.07 Å². The number of benzene rings is 1. The van der Waals surface area contributed by atoms with E-state index in [1.165, 1.54) is 0 Å². The number of thiophene rings is 1. The Bertz CT molecular complexity index is 624. The lowest BCUT2D eigenvalue weighted by Gasteiger charge is -2.05. The van der Waals surface area contributed by atoms with E-state index in [4.69, 9.17) is 0 Å². The second-order valence-corrected chi connectivity index (χ2v) is 7.49. The van der Waals surface area contributed by atoms with Gasteiger partial charge in [-0.15, -0.1) is 25.6 Å². The van der Waals surface area contributed by atoms with Crippen LogP contribution in [0.5, 0.6) is 0 Å². The van der Waals surface area contributed by atoms with Crippen LogP contribution in [-0.2, 0) is 11.9 Å². The zero-order chi connectivity index (χ0) is 14.3. The molecule has 2 aromatic rings. The molecule has 0 nitrogen and oxygen atoms in total. The van der Waals surface area contributed by atoms with Crippen molar-refractivity contribution in [1.82, 2.24) is 0 Å². The Morgan fingerprint density at radius 3 is 2.38 bits per heavy atom. The summed E-state index contributed by atoms with van der Waals surface area (Å²) in [4.78, 5) is 0.637. The van der Waals surface area contributed by atoms with Crippen molar-refractivity contribution in [3.8, 4) is 0 Å². The molecule has 0 spiro atoms. The van der Waals surface area contributed by atoms with Gasteiger partial charge in [-0.1, -0.05) is 25.8 Å². The van der Waals surface area contributed by atoms with Gasteiger partial charge in [-0.05, 0) is 30.9 Å². The Labute approximate surface area is 131 Å². The van der Waals surface area contributed by atoms with E-state index in [9.17, 15) is 13.2 Å². The third-order valence-corrected chi connectivity index (χ3v) is 6.41. The molecule has 0 bridgehead atoms. The van der Waals surface area contributed by atoms with E-state index in [1.807, 2.05) is 25.1 Å². The minimum atomic E-state index is -4.15. The maximum Gasteiger partial charge on any atom is 0.600 e. The first kappa shape index (κ1) is 16.6. The van der Waals surface area contributed by atoms with E-state index in [-0.39, 0.29) is 18.3 Å². The first-order chi connectivity index (χ1) is 9.50. The molecule has 0 radical (unpaired) electrons. The zero-order valence-corrected chi connectivity index (χ0v) is 13.5. The van der Waals surface area contributed by atoms with Gasteiger partial charge in [0, 0.05) is 23.4 Å². The van der Waals surface area contributed by atoms with Crippen LogP contribution in [0.15, 0.2) is 24.3 Å². The Morgan fingerprint density at radius 1 is 1.14 bits per heavy atom. The van der Waals surface area contributed by atoms with Gasteiger partial charge in [-0.2, -0.15) is 0 Å².